The van der Waals surface area contributed by atoms with Crippen LogP contribution in [-0.2, 0) is 4.79 Å². The van der Waals surface area contributed by atoms with E-state index in [9.17, 15) is 9.90 Å². The largest absolute Gasteiger partial charge is 0.491 e. The fourth-order valence-corrected chi connectivity index (χ4v) is 2.06. The van der Waals surface area contributed by atoms with Gasteiger partial charge in [0.15, 0.2) is 0 Å². The molecule has 0 bridgehead atoms. The lowest BCUT2D eigenvalue weighted by Crippen LogP contribution is -2.19. The van der Waals surface area contributed by atoms with E-state index in [0.29, 0.717) is 16.3 Å². The molecule has 4 heteroatoms. The van der Waals surface area contributed by atoms with Crippen LogP contribution in [0, 0.1) is 6.92 Å². The van der Waals surface area contributed by atoms with E-state index < -0.39 is 11.9 Å². The Bertz CT molecular complexity index is 596. The molecule has 0 aliphatic heterocycles. The van der Waals surface area contributed by atoms with Gasteiger partial charge < -0.3 is 9.84 Å². The molecule has 0 fully saturated rings. The van der Waals surface area contributed by atoms with Crippen molar-refractivity contribution in [1.82, 2.24) is 0 Å². The van der Waals surface area contributed by atoms with Gasteiger partial charge in [0.25, 0.3) is 0 Å². The van der Waals surface area contributed by atoms with E-state index >= 15 is 0 Å². The second-order valence-electron chi connectivity index (χ2n) is 4.55. The summed E-state index contributed by atoms with van der Waals surface area (Å²) >= 11 is 6.03. The minimum Gasteiger partial charge on any atom is -0.491 e. The molecule has 104 valence electrons. The van der Waals surface area contributed by atoms with E-state index in [1.54, 1.807) is 24.3 Å². The van der Waals surface area contributed by atoms with Gasteiger partial charge in [-0.3, -0.25) is 4.79 Å². The van der Waals surface area contributed by atoms with Crippen LogP contribution in [0.2, 0.25) is 5.02 Å². The third-order valence-corrected chi connectivity index (χ3v) is 3.30. The molecule has 0 aliphatic rings. The molecule has 0 heterocycles. The summed E-state index contributed by atoms with van der Waals surface area (Å²) in [4.78, 5) is 11.4. The van der Waals surface area contributed by atoms with Crippen molar-refractivity contribution in [1.29, 1.82) is 0 Å². The van der Waals surface area contributed by atoms with Crippen molar-refractivity contribution >= 4 is 17.6 Å². The van der Waals surface area contributed by atoms with Gasteiger partial charge in [0.2, 0.25) is 0 Å². The average molecular weight is 291 g/mol. The Kier molecular flexibility index (Phi) is 4.64. The molecule has 3 nitrogen and oxygen atoms in total. The molecule has 0 radical (unpaired) electrons. The first-order valence-corrected chi connectivity index (χ1v) is 6.62. The second kappa shape index (κ2) is 6.44. The number of halogens is 1. The number of rotatable bonds is 5. The molecular weight excluding hydrogens is 276 g/mol. The fourth-order valence-electron chi connectivity index (χ4n) is 1.89. The Morgan fingerprint density at radius 2 is 1.95 bits per heavy atom. The van der Waals surface area contributed by atoms with Crippen molar-refractivity contribution in [2.24, 2.45) is 0 Å². The Labute approximate surface area is 122 Å². The maximum Gasteiger partial charge on any atom is 0.314 e. The molecule has 1 atom stereocenters. The molecule has 20 heavy (non-hydrogen) atoms. The maximum absolute atomic E-state index is 11.4. The summed E-state index contributed by atoms with van der Waals surface area (Å²) in [5.41, 5.74) is 1.72. The van der Waals surface area contributed by atoms with E-state index in [0.717, 1.165) is 5.56 Å². The van der Waals surface area contributed by atoms with Crippen molar-refractivity contribution in [2.45, 2.75) is 12.8 Å². The highest BCUT2D eigenvalue weighted by Crippen LogP contribution is 2.27. The first-order chi connectivity index (χ1) is 9.58. The Morgan fingerprint density at radius 1 is 1.25 bits per heavy atom. The molecule has 0 aliphatic carbocycles. The molecular formula is C16H15ClO3. The topological polar surface area (TPSA) is 46.5 Å². The summed E-state index contributed by atoms with van der Waals surface area (Å²) in [5, 5.41) is 9.80. The first-order valence-electron chi connectivity index (χ1n) is 6.24. The number of aliphatic carboxylic acids is 1. The van der Waals surface area contributed by atoms with Crippen LogP contribution in [0.25, 0.3) is 0 Å². The average Bonchev–Trinajstić information content (AvgIpc) is 2.43. The van der Waals surface area contributed by atoms with E-state index in [-0.39, 0.29) is 6.61 Å². The zero-order valence-corrected chi connectivity index (χ0v) is 11.8. The van der Waals surface area contributed by atoms with Gasteiger partial charge in [-0.2, -0.15) is 0 Å². The number of benzene rings is 2. The third-order valence-electron chi connectivity index (χ3n) is 2.99. The molecule has 1 unspecified atom stereocenters. The van der Waals surface area contributed by atoms with Gasteiger partial charge in [-0.15, -0.1) is 0 Å². The summed E-state index contributed by atoms with van der Waals surface area (Å²) < 4.78 is 5.58. The standard InChI is InChI=1S/C16H15ClO3/c1-11-7-8-14(17)15(9-11)20-10-13(16(18)19)12-5-3-2-4-6-12/h2-9,13H,10H2,1H3,(H,18,19). The fraction of sp³-hybridized carbons (Fsp3) is 0.188. The lowest BCUT2D eigenvalue weighted by Gasteiger charge is -2.15. The number of carboxylic acid groups (broad SMARTS) is 1. The van der Waals surface area contributed by atoms with E-state index in [2.05, 4.69) is 0 Å². The van der Waals surface area contributed by atoms with Gasteiger partial charge >= 0.3 is 5.97 Å². The molecule has 2 aromatic rings. The molecule has 2 rings (SSSR count). The molecule has 0 spiro atoms. The second-order valence-corrected chi connectivity index (χ2v) is 4.95. The van der Waals surface area contributed by atoms with Crippen LogP contribution in [0.15, 0.2) is 48.5 Å². The lowest BCUT2D eigenvalue weighted by molar-refractivity contribution is -0.139. The summed E-state index contributed by atoms with van der Waals surface area (Å²) in [5.74, 6) is -1.12. The van der Waals surface area contributed by atoms with Gasteiger partial charge in [-0.25, -0.2) is 0 Å². The minimum absolute atomic E-state index is 0.0442. The predicted octanol–water partition coefficient (Wildman–Crippen LogP) is 3.90. The highest BCUT2D eigenvalue weighted by atomic mass is 35.5. The van der Waals surface area contributed by atoms with Crippen molar-refractivity contribution in [3.63, 3.8) is 0 Å². The number of hydrogen-bond acceptors (Lipinski definition) is 2. The van der Waals surface area contributed by atoms with Gasteiger partial charge in [0.05, 0.1) is 5.02 Å². The summed E-state index contributed by atoms with van der Waals surface area (Å²) in [6, 6.07) is 14.4. The first kappa shape index (κ1) is 14.4. The van der Waals surface area contributed by atoms with Crippen LogP contribution in [0.3, 0.4) is 0 Å². The van der Waals surface area contributed by atoms with Gasteiger partial charge in [0, 0.05) is 0 Å². The van der Waals surface area contributed by atoms with E-state index in [1.165, 1.54) is 0 Å². The summed E-state index contributed by atoms with van der Waals surface area (Å²) in [6.07, 6.45) is 0. The zero-order chi connectivity index (χ0) is 14.5. The highest BCUT2D eigenvalue weighted by molar-refractivity contribution is 6.32. The number of aryl methyl sites for hydroxylation is 1. The summed E-state index contributed by atoms with van der Waals surface area (Å²) in [6.45, 7) is 1.97. The number of hydrogen-bond donors (Lipinski definition) is 1. The zero-order valence-electron chi connectivity index (χ0n) is 11.0. The normalized spacial score (nSPS) is 11.9. The van der Waals surface area contributed by atoms with Crippen molar-refractivity contribution in [3.05, 3.63) is 64.7 Å². The van der Waals surface area contributed by atoms with Crippen molar-refractivity contribution in [3.8, 4) is 5.75 Å². The molecule has 1 N–H and O–H groups in total. The number of ether oxygens (including phenoxy) is 1. The Morgan fingerprint density at radius 3 is 2.60 bits per heavy atom. The quantitative estimate of drug-likeness (QED) is 0.908. The van der Waals surface area contributed by atoms with Crippen LogP contribution in [0.4, 0.5) is 0 Å². The third kappa shape index (κ3) is 3.52. The smallest absolute Gasteiger partial charge is 0.314 e. The lowest BCUT2D eigenvalue weighted by atomic mass is 10.0. The highest BCUT2D eigenvalue weighted by Gasteiger charge is 2.20. The van der Waals surface area contributed by atoms with Crippen LogP contribution >= 0.6 is 11.6 Å². The van der Waals surface area contributed by atoms with Gasteiger partial charge in [-0.05, 0) is 30.2 Å². The van der Waals surface area contributed by atoms with Crippen LogP contribution < -0.4 is 4.74 Å². The number of carboxylic acids is 1. The Balaban J connectivity index is 2.14. The molecule has 0 saturated heterocycles. The maximum atomic E-state index is 11.4. The number of carbonyl (C=O) groups is 1. The minimum atomic E-state index is -0.917. The molecule has 0 saturated carbocycles. The van der Waals surface area contributed by atoms with Crippen LogP contribution in [-0.4, -0.2) is 17.7 Å². The SMILES string of the molecule is Cc1ccc(Cl)c(OCC(C(=O)O)c2ccccc2)c1. The van der Waals surface area contributed by atoms with Gasteiger partial charge in [0.1, 0.15) is 18.3 Å². The van der Waals surface area contributed by atoms with E-state index in [4.69, 9.17) is 16.3 Å². The Hall–Kier alpha value is -2.00. The molecule has 2 aromatic carbocycles. The van der Waals surface area contributed by atoms with Crippen molar-refractivity contribution < 1.29 is 14.6 Å². The summed E-state index contributed by atoms with van der Waals surface area (Å²) in [7, 11) is 0. The van der Waals surface area contributed by atoms with Gasteiger partial charge in [-0.1, -0.05) is 48.0 Å². The molecule has 0 amide bonds. The monoisotopic (exact) mass is 290 g/mol. The van der Waals surface area contributed by atoms with Crippen LogP contribution in [0.5, 0.6) is 5.75 Å². The van der Waals surface area contributed by atoms with Crippen LogP contribution in [0.1, 0.15) is 17.0 Å². The van der Waals surface area contributed by atoms with E-state index in [1.807, 2.05) is 31.2 Å². The molecule has 0 aromatic heterocycles. The predicted molar refractivity (Wildman–Crippen MR) is 78.5 cm³/mol. The van der Waals surface area contributed by atoms with Crippen molar-refractivity contribution in [2.75, 3.05) is 6.61 Å².